The van der Waals surface area contributed by atoms with E-state index >= 15 is 0 Å². The maximum atomic E-state index is 11.6. The molecule has 0 atom stereocenters. The Balaban J connectivity index is 2.93. The summed E-state index contributed by atoms with van der Waals surface area (Å²) in [5.74, 6) is -0.00914. The van der Waals surface area contributed by atoms with Crippen LogP contribution in [0.1, 0.15) is 5.56 Å². The molecule has 1 aromatic carbocycles. The van der Waals surface area contributed by atoms with Gasteiger partial charge in [0.1, 0.15) is 0 Å². The van der Waals surface area contributed by atoms with Crippen LogP contribution < -0.4 is 0 Å². The first-order valence-corrected chi connectivity index (χ1v) is 7.36. The Labute approximate surface area is 99.1 Å². The van der Waals surface area contributed by atoms with E-state index < -0.39 is 9.84 Å². The SMILES string of the molecule is C=CCS(=O)(=O)c1ccc(CCBr)cc1. The molecule has 0 saturated carbocycles. The van der Waals surface area contributed by atoms with Gasteiger partial charge in [-0.2, -0.15) is 0 Å². The molecule has 0 amide bonds. The maximum absolute atomic E-state index is 11.6. The number of sulfone groups is 1. The van der Waals surface area contributed by atoms with Gasteiger partial charge in [-0.05, 0) is 24.1 Å². The molecule has 0 aliphatic carbocycles. The Morgan fingerprint density at radius 2 is 1.87 bits per heavy atom. The third kappa shape index (κ3) is 3.47. The van der Waals surface area contributed by atoms with Gasteiger partial charge in [0, 0.05) is 5.33 Å². The third-order valence-electron chi connectivity index (χ3n) is 2.00. The van der Waals surface area contributed by atoms with Gasteiger partial charge in [0.05, 0.1) is 10.6 Å². The second-order valence-electron chi connectivity index (χ2n) is 3.15. The Hall–Kier alpha value is -0.610. The van der Waals surface area contributed by atoms with Crippen molar-refractivity contribution in [2.24, 2.45) is 0 Å². The van der Waals surface area contributed by atoms with E-state index in [1.807, 2.05) is 12.1 Å². The van der Waals surface area contributed by atoms with Gasteiger partial charge in [-0.15, -0.1) is 6.58 Å². The fraction of sp³-hybridized carbons (Fsp3) is 0.273. The summed E-state index contributed by atoms with van der Waals surface area (Å²) in [6.45, 7) is 3.43. The Morgan fingerprint density at radius 3 is 2.33 bits per heavy atom. The molecule has 0 aliphatic heterocycles. The number of benzene rings is 1. The average molecular weight is 289 g/mol. The van der Waals surface area contributed by atoms with E-state index in [9.17, 15) is 8.42 Å². The van der Waals surface area contributed by atoms with Crippen LogP contribution in [0.3, 0.4) is 0 Å². The molecule has 0 fully saturated rings. The number of hydrogen-bond donors (Lipinski definition) is 0. The summed E-state index contributed by atoms with van der Waals surface area (Å²) in [7, 11) is -3.17. The predicted molar refractivity (Wildman–Crippen MR) is 66.2 cm³/mol. The van der Waals surface area contributed by atoms with Gasteiger partial charge in [-0.25, -0.2) is 8.42 Å². The van der Waals surface area contributed by atoms with Crippen molar-refractivity contribution >= 4 is 25.8 Å². The number of aryl methyl sites for hydroxylation is 1. The average Bonchev–Trinajstić information content (AvgIpc) is 2.19. The van der Waals surface area contributed by atoms with Crippen molar-refractivity contribution in [2.75, 3.05) is 11.1 Å². The van der Waals surface area contributed by atoms with E-state index in [-0.39, 0.29) is 5.75 Å². The van der Waals surface area contributed by atoms with E-state index in [0.717, 1.165) is 17.3 Å². The van der Waals surface area contributed by atoms with Crippen LogP contribution in [0.2, 0.25) is 0 Å². The molecule has 0 radical (unpaired) electrons. The number of alkyl halides is 1. The fourth-order valence-electron chi connectivity index (χ4n) is 1.22. The zero-order valence-corrected chi connectivity index (χ0v) is 10.7. The zero-order valence-electron chi connectivity index (χ0n) is 8.32. The minimum Gasteiger partial charge on any atom is -0.223 e. The lowest BCUT2D eigenvalue weighted by atomic mass is 10.2. The summed E-state index contributed by atoms with van der Waals surface area (Å²) < 4.78 is 23.2. The van der Waals surface area contributed by atoms with E-state index in [0.29, 0.717) is 4.90 Å². The quantitative estimate of drug-likeness (QED) is 0.617. The summed E-state index contributed by atoms with van der Waals surface area (Å²) in [6.07, 6.45) is 2.31. The highest BCUT2D eigenvalue weighted by molar-refractivity contribution is 9.09. The van der Waals surface area contributed by atoms with Crippen LogP contribution in [-0.4, -0.2) is 19.5 Å². The smallest absolute Gasteiger partial charge is 0.181 e. The molecule has 0 saturated heterocycles. The lowest BCUT2D eigenvalue weighted by Gasteiger charge is -2.02. The van der Waals surface area contributed by atoms with Crippen LogP contribution in [0.5, 0.6) is 0 Å². The maximum Gasteiger partial charge on any atom is 0.181 e. The number of hydrogen-bond acceptors (Lipinski definition) is 2. The van der Waals surface area contributed by atoms with E-state index in [1.165, 1.54) is 6.08 Å². The topological polar surface area (TPSA) is 34.1 Å². The Kier molecular flexibility index (Phi) is 4.54. The molecule has 0 spiro atoms. The Morgan fingerprint density at radius 1 is 1.27 bits per heavy atom. The molecule has 2 nitrogen and oxygen atoms in total. The molecule has 4 heteroatoms. The van der Waals surface area contributed by atoms with Crippen molar-refractivity contribution in [3.05, 3.63) is 42.5 Å². The molecule has 15 heavy (non-hydrogen) atoms. The first kappa shape index (κ1) is 12.5. The first-order chi connectivity index (χ1) is 7.10. The van der Waals surface area contributed by atoms with Crippen molar-refractivity contribution < 1.29 is 8.42 Å². The van der Waals surface area contributed by atoms with Crippen LogP contribution in [0, 0.1) is 0 Å². The van der Waals surface area contributed by atoms with Crippen LogP contribution in [0.15, 0.2) is 41.8 Å². The molecule has 0 aliphatic rings. The highest BCUT2D eigenvalue weighted by Gasteiger charge is 2.11. The molecular weight excluding hydrogens is 276 g/mol. The lowest BCUT2D eigenvalue weighted by molar-refractivity contribution is 0.599. The largest absolute Gasteiger partial charge is 0.223 e. The normalized spacial score (nSPS) is 11.3. The molecule has 0 heterocycles. The second-order valence-corrected chi connectivity index (χ2v) is 5.98. The third-order valence-corrected chi connectivity index (χ3v) is 4.06. The van der Waals surface area contributed by atoms with Crippen molar-refractivity contribution in [1.82, 2.24) is 0 Å². The first-order valence-electron chi connectivity index (χ1n) is 4.58. The molecule has 0 aromatic heterocycles. The van der Waals surface area contributed by atoms with Gasteiger partial charge < -0.3 is 0 Å². The van der Waals surface area contributed by atoms with Crippen LogP contribution in [0.4, 0.5) is 0 Å². The van der Waals surface area contributed by atoms with Gasteiger partial charge in [0.15, 0.2) is 9.84 Å². The predicted octanol–water partition coefficient (Wildman–Crippen LogP) is 2.58. The van der Waals surface area contributed by atoms with E-state index in [1.54, 1.807) is 12.1 Å². The molecule has 1 aromatic rings. The number of halogens is 1. The van der Waals surface area contributed by atoms with Crippen LogP contribution >= 0.6 is 15.9 Å². The van der Waals surface area contributed by atoms with E-state index in [4.69, 9.17) is 0 Å². The van der Waals surface area contributed by atoms with Gasteiger partial charge in [-0.3, -0.25) is 0 Å². The highest BCUT2D eigenvalue weighted by atomic mass is 79.9. The summed E-state index contributed by atoms with van der Waals surface area (Å²) in [6, 6.07) is 6.99. The molecule has 1 rings (SSSR count). The minimum atomic E-state index is -3.17. The fourth-order valence-corrected chi connectivity index (χ4v) is 2.74. The van der Waals surface area contributed by atoms with Crippen molar-refractivity contribution in [1.29, 1.82) is 0 Å². The molecule has 0 unspecified atom stereocenters. The molecular formula is C11H13BrO2S. The second kappa shape index (κ2) is 5.47. The van der Waals surface area contributed by atoms with Gasteiger partial charge in [-0.1, -0.05) is 34.1 Å². The van der Waals surface area contributed by atoms with Crippen LogP contribution in [0.25, 0.3) is 0 Å². The molecule has 0 bridgehead atoms. The van der Waals surface area contributed by atoms with E-state index in [2.05, 4.69) is 22.5 Å². The summed E-state index contributed by atoms with van der Waals surface area (Å²) in [4.78, 5) is 0.362. The molecule has 0 N–H and O–H groups in total. The minimum absolute atomic E-state index is 0.00914. The molecule has 82 valence electrons. The van der Waals surface area contributed by atoms with Crippen LogP contribution in [-0.2, 0) is 16.3 Å². The Bertz CT molecular complexity index is 420. The number of rotatable bonds is 5. The monoisotopic (exact) mass is 288 g/mol. The summed E-state index contributed by atoms with van der Waals surface area (Å²) in [5.41, 5.74) is 1.13. The highest BCUT2D eigenvalue weighted by Crippen LogP contribution is 2.13. The summed E-state index contributed by atoms with van der Waals surface area (Å²) in [5, 5.41) is 0.881. The zero-order chi connectivity index (χ0) is 11.3. The van der Waals surface area contributed by atoms with Crippen molar-refractivity contribution in [2.45, 2.75) is 11.3 Å². The standard InChI is InChI=1S/C11H13BrO2S/c1-2-9-15(13,14)11-5-3-10(4-6-11)7-8-12/h2-6H,1,7-9H2. The van der Waals surface area contributed by atoms with Crippen molar-refractivity contribution in [3.8, 4) is 0 Å². The van der Waals surface area contributed by atoms with Gasteiger partial charge >= 0.3 is 0 Å². The lowest BCUT2D eigenvalue weighted by Crippen LogP contribution is -2.04. The van der Waals surface area contributed by atoms with Gasteiger partial charge in [0.2, 0.25) is 0 Å². The van der Waals surface area contributed by atoms with Gasteiger partial charge in [0.25, 0.3) is 0 Å². The summed E-state index contributed by atoms with van der Waals surface area (Å²) >= 11 is 3.34. The van der Waals surface area contributed by atoms with Crippen molar-refractivity contribution in [3.63, 3.8) is 0 Å².